The second kappa shape index (κ2) is 7.94. The number of amides is 1. The predicted octanol–water partition coefficient (Wildman–Crippen LogP) is 4.03. The fraction of sp³-hybridized carbons (Fsp3) is 0.550. The number of rotatable bonds is 5. The van der Waals surface area contributed by atoms with Crippen molar-refractivity contribution in [3.05, 3.63) is 35.5 Å². The Kier molecular flexibility index (Phi) is 5.41. The standard InChI is InChI=1S/C20H26N4O2S/c25-18(14-20(26)9-2-1-3-10-20)24-12-5-7-16(24)15-6-4-8-17(22-15)23-19-21-11-13-27-19/h4,6,8,11,13,16,26H,1-3,5,7,9-10,12,14H2,(H,21,22,23)/t16-/m0/s1. The number of aromatic nitrogens is 2. The average molecular weight is 387 g/mol. The third-order valence-electron chi connectivity index (χ3n) is 5.62. The Morgan fingerprint density at radius 1 is 1.30 bits per heavy atom. The molecule has 2 aromatic heterocycles. The van der Waals surface area contributed by atoms with E-state index >= 15 is 0 Å². The van der Waals surface area contributed by atoms with Gasteiger partial charge in [0.15, 0.2) is 5.13 Å². The van der Waals surface area contributed by atoms with Gasteiger partial charge in [0, 0.05) is 18.1 Å². The molecule has 0 aromatic carbocycles. The van der Waals surface area contributed by atoms with Crippen molar-refractivity contribution in [1.82, 2.24) is 14.9 Å². The van der Waals surface area contributed by atoms with E-state index in [1.54, 1.807) is 6.20 Å². The maximum atomic E-state index is 13.0. The molecule has 1 atom stereocenters. The van der Waals surface area contributed by atoms with E-state index in [4.69, 9.17) is 4.98 Å². The summed E-state index contributed by atoms with van der Waals surface area (Å²) in [6.45, 7) is 0.741. The van der Waals surface area contributed by atoms with E-state index in [9.17, 15) is 9.90 Å². The average Bonchev–Trinajstić information content (AvgIpc) is 3.34. The molecule has 2 N–H and O–H groups in total. The van der Waals surface area contributed by atoms with Gasteiger partial charge in [-0.25, -0.2) is 9.97 Å². The molecule has 0 unspecified atom stereocenters. The van der Waals surface area contributed by atoms with Crippen LogP contribution in [-0.2, 0) is 4.79 Å². The molecular formula is C20H26N4O2S. The SMILES string of the molecule is O=C(CC1(O)CCCCC1)N1CCC[C@H]1c1cccc(Nc2nccs2)n1. The minimum atomic E-state index is -0.815. The van der Waals surface area contributed by atoms with Crippen molar-refractivity contribution in [2.75, 3.05) is 11.9 Å². The third kappa shape index (κ3) is 4.30. The number of nitrogens with zero attached hydrogens (tertiary/aromatic N) is 3. The first-order valence-electron chi connectivity index (χ1n) is 9.78. The van der Waals surface area contributed by atoms with Crippen molar-refractivity contribution in [3.63, 3.8) is 0 Å². The Balaban J connectivity index is 1.47. The highest BCUT2D eigenvalue weighted by atomic mass is 32.1. The van der Waals surface area contributed by atoms with Crippen molar-refractivity contribution in [2.45, 2.75) is 63.0 Å². The number of carbonyl (C=O) groups is 1. The first kappa shape index (κ1) is 18.4. The molecule has 0 radical (unpaired) electrons. The van der Waals surface area contributed by atoms with E-state index in [1.807, 2.05) is 28.5 Å². The quantitative estimate of drug-likeness (QED) is 0.811. The van der Waals surface area contributed by atoms with Crippen LogP contribution in [-0.4, -0.2) is 38.0 Å². The molecule has 1 amide bonds. The van der Waals surface area contributed by atoms with Crippen LogP contribution in [0.2, 0.25) is 0 Å². The summed E-state index contributed by atoms with van der Waals surface area (Å²) in [5.74, 6) is 0.801. The zero-order chi connectivity index (χ0) is 18.7. The first-order valence-corrected chi connectivity index (χ1v) is 10.7. The summed E-state index contributed by atoms with van der Waals surface area (Å²) < 4.78 is 0. The van der Waals surface area contributed by atoms with Crippen LogP contribution in [0.1, 0.15) is 63.1 Å². The molecule has 1 saturated heterocycles. The molecule has 27 heavy (non-hydrogen) atoms. The normalized spacial score (nSPS) is 22.0. The lowest BCUT2D eigenvalue weighted by Crippen LogP contribution is -2.40. The van der Waals surface area contributed by atoms with E-state index < -0.39 is 5.60 Å². The van der Waals surface area contributed by atoms with Crippen molar-refractivity contribution in [3.8, 4) is 0 Å². The van der Waals surface area contributed by atoms with Crippen molar-refractivity contribution in [2.24, 2.45) is 0 Å². The largest absolute Gasteiger partial charge is 0.389 e. The molecule has 7 heteroatoms. The number of hydrogen-bond donors (Lipinski definition) is 2. The summed E-state index contributed by atoms with van der Waals surface area (Å²) in [7, 11) is 0. The molecule has 4 rings (SSSR count). The fourth-order valence-electron chi connectivity index (χ4n) is 4.24. The summed E-state index contributed by atoms with van der Waals surface area (Å²) in [5.41, 5.74) is 0.0856. The van der Waals surface area contributed by atoms with Gasteiger partial charge in [0.05, 0.1) is 23.8 Å². The topological polar surface area (TPSA) is 78.4 Å². The van der Waals surface area contributed by atoms with Gasteiger partial charge in [0.2, 0.25) is 5.91 Å². The minimum absolute atomic E-state index is 0.0114. The Labute approximate surface area is 163 Å². The molecular weight excluding hydrogens is 360 g/mol. The maximum absolute atomic E-state index is 13.0. The smallest absolute Gasteiger partial charge is 0.226 e. The van der Waals surface area contributed by atoms with Crippen LogP contribution in [0.4, 0.5) is 10.9 Å². The zero-order valence-electron chi connectivity index (χ0n) is 15.4. The summed E-state index contributed by atoms with van der Waals surface area (Å²) in [5, 5.41) is 16.7. The molecule has 2 aromatic rings. The second-order valence-electron chi connectivity index (χ2n) is 7.62. The van der Waals surface area contributed by atoms with Crippen LogP contribution in [0.3, 0.4) is 0 Å². The lowest BCUT2D eigenvalue weighted by Gasteiger charge is -2.34. The number of aliphatic hydroxyl groups is 1. The van der Waals surface area contributed by atoms with Gasteiger partial charge in [-0.15, -0.1) is 11.3 Å². The van der Waals surface area contributed by atoms with E-state index in [2.05, 4.69) is 10.3 Å². The monoisotopic (exact) mass is 386 g/mol. The number of nitrogens with one attached hydrogen (secondary N) is 1. The van der Waals surface area contributed by atoms with Gasteiger partial charge >= 0.3 is 0 Å². The van der Waals surface area contributed by atoms with Crippen molar-refractivity contribution >= 4 is 28.2 Å². The number of pyridine rings is 1. The highest BCUT2D eigenvalue weighted by molar-refractivity contribution is 7.13. The van der Waals surface area contributed by atoms with Crippen LogP contribution in [0, 0.1) is 0 Å². The summed E-state index contributed by atoms with van der Waals surface area (Å²) in [6.07, 6.45) is 8.54. The van der Waals surface area contributed by atoms with E-state index in [0.717, 1.165) is 68.1 Å². The van der Waals surface area contributed by atoms with Crippen LogP contribution in [0.25, 0.3) is 0 Å². The van der Waals surface area contributed by atoms with Gasteiger partial charge < -0.3 is 15.3 Å². The summed E-state index contributed by atoms with van der Waals surface area (Å²) in [6, 6.07) is 5.85. The van der Waals surface area contributed by atoms with Gasteiger partial charge in [-0.1, -0.05) is 25.3 Å². The highest BCUT2D eigenvalue weighted by Gasteiger charge is 2.37. The molecule has 1 aliphatic carbocycles. The zero-order valence-corrected chi connectivity index (χ0v) is 16.2. The van der Waals surface area contributed by atoms with Crippen molar-refractivity contribution in [1.29, 1.82) is 0 Å². The Bertz CT molecular complexity index is 774. The van der Waals surface area contributed by atoms with Crippen LogP contribution in [0.15, 0.2) is 29.8 Å². The van der Waals surface area contributed by atoms with Gasteiger partial charge in [-0.2, -0.15) is 0 Å². The molecule has 1 saturated carbocycles. The Morgan fingerprint density at radius 3 is 2.93 bits per heavy atom. The molecule has 6 nitrogen and oxygen atoms in total. The Morgan fingerprint density at radius 2 is 2.15 bits per heavy atom. The number of carbonyl (C=O) groups excluding carboxylic acids is 1. The summed E-state index contributed by atoms with van der Waals surface area (Å²) in [4.78, 5) is 23.8. The molecule has 3 heterocycles. The fourth-order valence-corrected chi connectivity index (χ4v) is 4.78. The number of thiazole rings is 1. The predicted molar refractivity (Wildman–Crippen MR) is 106 cm³/mol. The first-order chi connectivity index (χ1) is 13.1. The van der Waals surface area contributed by atoms with Gasteiger partial charge in [0.25, 0.3) is 0 Å². The van der Waals surface area contributed by atoms with Gasteiger partial charge in [0.1, 0.15) is 5.82 Å². The molecule has 0 bridgehead atoms. The van der Waals surface area contributed by atoms with Gasteiger partial charge in [-0.3, -0.25) is 4.79 Å². The Hall–Kier alpha value is -1.99. The van der Waals surface area contributed by atoms with Gasteiger partial charge in [-0.05, 0) is 37.8 Å². The minimum Gasteiger partial charge on any atom is -0.389 e. The highest BCUT2D eigenvalue weighted by Crippen LogP contribution is 2.36. The molecule has 2 aliphatic rings. The van der Waals surface area contributed by atoms with E-state index in [1.165, 1.54) is 11.3 Å². The van der Waals surface area contributed by atoms with E-state index in [-0.39, 0.29) is 18.4 Å². The van der Waals surface area contributed by atoms with Crippen LogP contribution in [0.5, 0.6) is 0 Å². The number of likely N-dealkylation sites (tertiary alicyclic amines) is 1. The second-order valence-corrected chi connectivity index (χ2v) is 8.51. The third-order valence-corrected chi connectivity index (χ3v) is 6.31. The molecule has 2 fully saturated rings. The molecule has 1 aliphatic heterocycles. The van der Waals surface area contributed by atoms with Crippen LogP contribution < -0.4 is 5.32 Å². The molecule has 0 spiro atoms. The molecule has 144 valence electrons. The number of anilines is 2. The lowest BCUT2D eigenvalue weighted by atomic mass is 9.82. The van der Waals surface area contributed by atoms with Crippen LogP contribution >= 0.6 is 11.3 Å². The summed E-state index contributed by atoms with van der Waals surface area (Å²) >= 11 is 1.53. The number of hydrogen-bond acceptors (Lipinski definition) is 6. The maximum Gasteiger partial charge on any atom is 0.226 e. The van der Waals surface area contributed by atoms with Crippen molar-refractivity contribution < 1.29 is 9.90 Å². The lowest BCUT2D eigenvalue weighted by molar-refractivity contribution is -0.138. The van der Waals surface area contributed by atoms with E-state index in [0.29, 0.717) is 0 Å².